The van der Waals surface area contributed by atoms with Crippen LogP contribution in [0.1, 0.15) is 22.3 Å². The summed E-state index contributed by atoms with van der Waals surface area (Å²) in [5.74, 6) is -0.150. The number of amides is 1. The van der Waals surface area contributed by atoms with Crippen molar-refractivity contribution in [3.63, 3.8) is 0 Å². The Morgan fingerprint density at radius 3 is 2.27 bits per heavy atom. The summed E-state index contributed by atoms with van der Waals surface area (Å²) in [5, 5.41) is 7.01. The van der Waals surface area contributed by atoms with Gasteiger partial charge in [0, 0.05) is 17.5 Å². The lowest BCUT2D eigenvalue weighted by Gasteiger charge is -2.17. The van der Waals surface area contributed by atoms with Gasteiger partial charge in [-0.25, -0.2) is 4.79 Å². The molecule has 10 heteroatoms. The number of methoxy groups -OCH3 is 1. The fourth-order valence-electron chi connectivity index (χ4n) is 4.96. The minimum atomic E-state index is -0.818. The Balaban J connectivity index is 1.20. The highest BCUT2D eigenvalue weighted by molar-refractivity contribution is 7.16. The van der Waals surface area contributed by atoms with Crippen LogP contribution in [0.15, 0.2) is 113 Å². The van der Waals surface area contributed by atoms with Gasteiger partial charge in [-0.2, -0.15) is 0 Å². The number of esters is 1. The van der Waals surface area contributed by atoms with Gasteiger partial charge in [0.2, 0.25) is 5.91 Å². The molecule has 0 aliphatic carbocycles. The largest absolute Gasteiger partial charge is 0.492 e. The fraction of sp³-hybridized carbons (Fsp3) is 0.200. The maximum Gasteiger partial charge on any atom is 0.328 e. The standard InChI is InChI=1S/C35H33N3O6S/c1-42-34(40)29(36-32(39)22-24-9-5-3-6-10-24)21-25-13-16-28(17-14-25)44-20-19-38-30-18-15-27(23-31(30)45-35(38)41)33(37-43-2)26-11-7-4-8-12-26/h3-18,23,29H,19-22H2,1-2H3,(H,36,39). The number of benzene rings is 4. The van der Waals surface area contributed by atoms with E-state index in [0.29, 0.717) is 18.0 Å². The summed E-state index contributed by atoms with van der Waals surface area (Å²) < 4.78 is 13.4. The lowest BCUT2D eigenvalue weighted by atomic mass is 10.0. The second-order valence-electron chi connectivity index (χ2n) is 10.2. The molecule has 0 aliphatic heterocycles. The second-order valence-corrected chi connectivity index (χ2v) is 11.2. The monoisotopic (exact) mass is 623 g/mol. The van der Waals surface area contributed by atoms with Gasteiger partial charge in [0.15, 0.2) is 0 Å². The zero-order valence-electron chi connectivity index (χ0n) is 25.0. The van der Waals surface area contributed by atoms with E-state index >= 15 is 0 Å². The number of nitrogens with zero attached hydrogens (tertiary/aromatic N) is 2. The van der Waals surface area contributed by atoms with Crippen molar-refractivity contribution in [3.05, 3.63) is 135 Å². The number of fused-ring (bicyclic) bond motifs is 1. The van der Waals surface area contributed by atoms with Crippen LogP contribution in [0.2, 0.25) is 0 Å². The molecule has 0 aliphatic rings. The van der Waals surface area contributed by atoms with E-state index in [0.717, 1.165) is 32.5 Å². The summed E-state index contributed by atoms with van der Waals surface area (Å²) in [5.41, 5.74) is 4.97. The number of rotatable bonds is 13. The molecule has 0 bridgehead atoms. The van der Waals surface area contributed by atoms with E-state index in [1.807, 2.05) is 91.0 Å². The number of aromatic nitrogens is 1. The van der Waals surface area contributed by atoms with E-state index < -0.39 is 12.0 Å². The quantitative estimate of drug-likeness (QED) is 0.113. The van der Waals surface area contributed by atoms with E-state index in [4.69, 9.17) is 14.3 Å². The Labute approximate surface area is 264 Å². The fourth-order valence-corrected chi connectivity index (χ4v) is 5.92. The van der Waals surface area contributed by atoms with Crippen LogP contribution in [0.25, 0.3) is 10.2 Å². The molecule has 0 spiro atoms. The molecule has 1 heterocycles. The molecule has 5 rings (SSSR count). The molecule has 1 N–H and O–H groups in total. The first-order valence-electron chi connectivity index (χ1n) is 14.4. The van der Waals surface area contributed by atoms with Crippen LogP contribution < -0.4 is 14.9 Å². The highest BCUT2D eigenvalue weighted by Crippen LogP contribution is 2.22. The highest BCUT2D eigenvalue weighted by Gasteiger charge is 2.22. The van der Waals surface area contributed by atoms with E-state index in [-0.39, 0.29) is 30.2 Å². The molecule has 0 radical (unpaired) electrons. The Morgan fingerprint density at radius 1 is 0.867 bits per heavy atom. The lowest BCUT2D eigenvalue weighted by molar-refractivity contribution is -0.145. The average Bonchev–Trinajstić information content (AvgIpc) is 3.38. The minimum absolute atomic E-state index is 0.0748. The van der Waals surface area contributed by atoms with Crippen LogP contribution in [-0.2, 0) is 38.5 Å². The molecular weight excluding hydrogens is 590 g/mol. The molecule has 1 atom stereocenters. The van der Waals surface area contributed by atoms with Gasteiger partial charge in [-0.1, -0.05) is 95.4 Å². The Hall–Kier alpha value is -5.22. The van der Waals surface area contributed by atoms with E-state index in [1.165, 1.54) is 25.6 Å². The van der Waals surface area contributed by atoms with Crippen molar-refractivity contribution in [1.82, 2.24) is 9.88 Å². The summed E-state index contributed by atoms with van der Waals surface area (Å²) in [6, 6.07) is 31.3. The summed E-state index contributed by atoms with van der Waals surface area (Å²) in [7, 11) is 2.81. The van der Waals surface area contributed by atoms with Crippen molar-refractivity contribution in [1.29, 1.82) is 0 Å². The van der Waals surface area contributed by atoms with Crippen LogP contribution in [-0.4, -0.2) is 49.0 Å². The SMILES string of the molecule is CON=C(c1ccccc1)c1ccc2c(c1)sc(=O)n2CCOc1ccc(CC(NC(=O)Cc2ccccc2)C(=O)OC)cc1. The molecule has 0 saturated carbocycles. The number of ether oxygens (including phenoxy) is 2. The van der Waals surface area contributed by atoms with Crippen molar-refractivity contribution in [3.8, 4) is 5.75 Å². The van der Waals surface area contributed by atoms with Gasteiger partial charge < -0.3 is 19.6 Å². The van der Waals surface area contributed by atoms with E-state index in [2.05, 4.69) is 10.5 Å². The molecular formula is C35H33N3O6S. The van der Waals surface area contributed by atoms with Crippen molar-refractivity contribution in [2.45, 2.75) is 25.4 Å². The third-order valence-corrected chi connectivity index (χ3v) is 8.09. The van der Waals surface area contributed by atoms with Crippen molar-refractivity contribution in [2.24, 2.45) is 5.16 Å². The summed E-state index contributed by atoms with van der Waals surface area (Å²) >= 11 is 1.17. The minimum Gasteiger partial charge on any atom is -0.492 e. The van der Waals surface area contributed by atoms with Gasteiger partial charge in [-0.3, -0.25) is 14.2 Å². The number of hydrogen-bond donors (Lipinski definition) is 1. The number of thiazole rings is 1. The van der Waals surface area contributed by atoms with Crippen molar-refractivity contribution < 1.29 is 23.9 Å². The average molecular weight is 624 g/mol. The number of carbonyl (C=O) groups is 2. The third-order valence-electron chi connectivity index (χ3n) is 7.15. The molecule has 0 saturated heterocycles. The van der Waals surface area contributed by atoms with Crippen LogP contribution in [0.5, 0.6) is 5.75 Å². The van der Waals surface area contributed by atoms with Gasteiger partial charge in [-0.15, -0.1) is 0 Å². The predicted octanol–water partition coefficient (Wildman–Crippen LogP) is 4.98. The van der Waals surface area contributed by atoms with Gasteiger partial charge in [-0.05, 0) is 35.4 Å². The van der Waals surface area contributed by atoms with Crippen LogP contribution in [0.3, 0.4) is 0 Å². The molecule has 0 fully saturated rings. The zero-order chi connectivity index (χ0) is 31.6. The molecule has 5 aromatic rings. The van der Waals surface area contributed by atoms with Crippen molar-refractivity contribution in [2.75, 3.05) is 20.8 Å². The van der Waals surface area contributed by atoms with E-state index in [1.54, 1.807) is 16.7 Å². The second kappa shape index (κ2) is 15.0. The van der Waals surface area contributed by atoms with Gasteiger partial charge in [0.1, 0.15) is 31.2 Å². The molecule has 230 valence electrons. The summed E-state index contributed by atoms with van der Waals surface area (Å²) in [4.78, 5) is 42.8. The van der Waals surface area contributed by atoms with Crippen molar-refractivity contribution >= 4 is 39.1 Å². The first-order chi connectivity index (χ1) is 21.9. The maximum atomic E-state index is 12.9. The zero-order valence-corrected chi connectivity index (χ0v) is 25.8. The number of carbonyl (C=O) groups excluding carboxylic acids is 2. The molecule has 1 unspecified atom stereocenters. The number of hydrogen-bond acceptors (Lipinski definition) is 8. The first kappa shape index (κ1) is 31.2. The Bertz CT molecular complexity index is 1830. The highest BCUT2D eigenvalue weighted by atomic mass is 32.1. The molecule has 9 nitrogen and oxygen atoms in total. The van der Waals surface area contributed by atoms with Gasteiger partial charge >= 0.3 is 10.8 Å². The molecule has 1 amide bonds. The van der Waals surface area contributed by atoms with Crippen LogP contribution in [0, 0.1) is 0 Å². The molecule has 45 heavy (non-hydrogen) atoms. The summed E-state index contributed by atoms with van der Waals surface area (Å²) in [6.07, 6.45) is 0.439. The topological polar surface area (TPSA) is 108 Å². The van der Waals surface area contributed by atoms with Crippen LogP contribution in [0.4, 0.5) is 0 Å². The molecule has 4 aromatic carbocycles. The number of nitrogens with one attached hydrogen (secondary N) is 1. The van der Waals surface area contributed by atoms with E-state index in [9.17, 15) is 14.4 Å². The predicted molar refractivity (Wildman–Crippen MR) is 175 cm³/mol. The maximum absolute atomic E-state index is 12.9. The van der Waals surface area contributed by atoms with Gasteiger partial charge in [0.05, 0.1) is 30.3 Å². The lowest BCUT2D eigenvalue weighted by Crippen LogP contribution is -2.43. The Kier molecular flexibility index (Phi) is 10.4. The molecule has 1 aromatic heterocycles. The first-order valence-corrected chi connectivity index (χ1v) is 15.2. The van der Waals surface area contributed by atoms with Gasteiger partial charge in [0.25, 0.3) is 0 Å². The third kappa shape index (κ3) is 8.04. The van der Waals surface area contributed by atoms with Crippen LogP contribution >= 0.6 is 11.3 Å². The Morgan fingerprint density at radius 2 is 1.58 bits per heavy atom. The smallest absolute Gasteiger partial charge is 0.328 e. The summed E-state index contributed by atoms with van der Waals surface area (Å²) in [6.45, 7) is 0.656. The number of oxime groups is 1. The normalized spacial score (nSPS) is 12.0.